The zero-order valence-corrected chi connectivity index (χ0v) is 13.4. The van der Waals surface area contributed by atoms with Crippen LogP contribution in [0.2, 0.25) is 0 Å². The maximum atomic E-state index is 6.33. The van der Waals surface area contributed by atoms with Crippen molar-refractivity contribution in [3.63, 3.8) is 0 Å². The normalized spacial score (nSPS) is 11.1. The van der Waals surface area contributed by atoms with E-state index in [0.29, 0.717) is 12.5 Å². The number of benzene rings is 1. The van der Waals surface area contributed by atoms with Crippen LogP contribution >= 0.6 is 0 Å². The third-order valence-corrected chi connectivity index (χ3v) is 3.44. The molecule has 0 saturated carbocycles. The molecule has 0 spiro atoms. The molecule has 0 saturated heterocycles. The van der Waals surface area contributed by atoms with Crippen molar-refractivity contribution in [2.24, 2.45) is 0 Å². The summed E-state index contributed by atoms with van der Waals surface area (Å²) < 4.78 is 7.61. The largest absolute Gasteiger partial charge is 0.494 e. The van der Waals surface area contributed by atoms with Crippen LogP contribution in [-0.2, 0) is 6.54 Å². The highest BCUT2D eigenvalue weighted by atomic mass is 16.5. The minimum atomic E-state index is 0.357. The van der Waals surface area contributed by atoms with E-state index in [0.717, 1.165) is 41.6 Å². The fraction of sp³-hybridized carbons (Fsp3) is 0.471. The Morgan fingerprint density at radius 2 is 1.86 bits per heavy atom. The third-order valence-electron chi connectivity index (χ3n) is 3.44. The molecule has 4 nitrogen and oxygen atoms in total. The Balaban J connectivity index is 2.41. The number of nitrogens with two attached hydrogens (primary N) is 1. The average Bonchev–Trinajstić information content (AvgIpc) is 2.79. The number of imidazole rings is 1. The van der Waals surface area contributed by atoms with Gasteiger partial charge in [0.1, 0.15) is 23.1 Å². The Hall–Kier alpha value is -1.97. The lowest BCUT2D eigenvalue weighted by Crippen LogP contribution is -2.08. The van der Waals surface area contributed by atoms with Gasteiger partial charge in [0.2, 0.25) is 0 Å². The van der Waals surface area contributed by atoms with Crippen molar-refractivity contribution < 1.29 is 4.74 Å². The monoisotopic (exact) mass is 287 g/mol. The summed E-state index contributed by atoms with van der Waals surface area (Å²) in [4.78, 5) is 4.77. The van der Waals surface area contributed by atoms with Crippen molar-refractivity contribution in [3.8, 4) is 17.0 Å². The van der Waals surface area contributed by atoms with E-state index in [1.54, 1.807) is 0 Å². The van der Waals surface area contributed by atoms with Crippen LogP contribution in [-0.4, -0.2) is 16.2 Å². The highest BCUT2D eigenvalue weighted by Gasteiger charge is 2.17. The van der Waals surface area contributed by atoms with Crippen LogP contribution in [0.3, 0.4) is 0 Å². The molecule has 0 atom stereocenters. The van der Waals surface area contributed by atoms with E-state index in [1.165, 1.54) is 0 Å². The van der Waals surface area contributed by atoms with Gasteiger partial charge in [0.25, 0.3) is 0 Å². The second kappa shape index (κ2) is 6.66. The molecule has 2 N–H and O–H groups in total. The van der Waals surface area contributed by atoms with Gasteiger partial charge in [0, 0.05) is 18.0 Å². The van der Waals surface area contributed by atoms with E-state index in [9.17, 15) is 0 Å². The van der Waals surface area contributed by atoms with Gasteiger partial charge in [-0.05, 0) is 37.6 Å². The summed E-state index contributed by atoms with van der Waals surface area (Å²) in [7, 11) is 0. The first kappa shape index (κ1) is 15.4. The highest BCUT2D eigenvalue weighted by Crippen LogP contribution is 2.30. The fourth-order valence-corrected chi connectivity index (χ4v) is 2.47. The van der Waals surface area contributed by atoms with Gasteiger partial charge in [0.15, 0.2) is 0 Å². The molecule has 0 amide bonds. The number of hydrogen-bond acceptors (Lipinski definition) is 3. The maximum absolute atomic E-state index is 6.33. The number of nitrogens with zero attached hydrogens (tertiary/aromatic N) is 2. The lowest BCUT2D eigenvalue weighted by atomic mass is 10.1. The molecule has 114 valence electrons. The topological polar surface area (TPSA) is 53.1 Å². The van der Waals surface area contributed by atoms with Gasteiger partial charge < -0.3 is 15.0 Å². The van der Waals surface area contributed by atoms with Crippen LogP contribution in [0.1, 0.15) is 45.9 Å². The van der Waals surface area contributed by atoms with Crippen LogP contribution in [0.5, 0.6) is 5.75 Å². The summed E-state index contributed by atoms with van der Waals surface area (Å²) in [5.74, 6) is 3.04. The first-order valence-corrected chi connectivity index (χ1v) is 7.67. The van der Waals surface area contributed by atoms with Crippen LogP contribution in [0, 0.1) is 0 Å². The van der Waals surface area contributed by atoms with E-state index in [1.807, 2.05) is 31.2 Å². The molecule has 1 aromatic carbocycles. The van der Waals surface area contributed by atoms with Crippen LogP contribution < -0.4 is 10.5 Å². The van der Waals surface area contributed by atoms with E-state index >= 15 is 0 Å². The summed E-state index contributed by atoms with van der Waals surface area (Å²) in [6.45, 7) is 10.0. The van der Waals surface area contributed by atoms with E-state index < -0.39 is 0 Å². The Labute approximate surface area is 127 Å². The first-order chi connectivity index (χ1) is 10.1. The van der Waals surface area contributed by atoms with E-state index in [-0.39, 0.29) is 0 Å². The number of nitrogen functional groups attached to an aromatic ring is 1. The Bertz CT molecular complexity index is 585. The van der Waals surface area contributed by atoms with Crippen LogP contribution in [0.4, 0.5) is 5.82 Å². The molecule has 0 unspecified atom stereocenters. The second-order valence-electron chi connectivity index (χ2n) is 5.47. The van der Waals surface area contributed by atoms with Gasteiger partial charge in [-0.15, -0.1) is 0 Å². The molecule has 2 rings (SSSR count). The molecule has 0 aliphatic rings. The van der Waals surface area contributed by atoms with Gasteiger partial charge in [0.05, 0.1) is 6.61 Å². The van der Waals surface area contributed by atoms with Crippen molar-refractivity contribution in [1.82, 2.24) is 9.55 Å². The summed E-state index contributed by atoms with van der Waals surface area (Å²) in [5, 5.41) is 0. The summed E-state index contributed by atoms with van der Waals surface area (Å²) in [6, 6.07) is 7.96. The first-order valence-electron chi connectivity index (χ1n) is 7.67. The predicted molar refractivity (Wildman–Crippen MR) is 87.6 cm³/mol. The molecule has 21 heavy (non-hydrogen) atoms. The Morgan fingerprint density at radius 1 is 1.19 bits per heavy atom. The standard InChI is InChI=1S/C17H25N3O/c1-5-11-20-16(18)15(19-17(20)12(3)4)13-7-9-14(10-8-13)21-6-2/h7-10,12H,5-6,11,18H2,1-4H3. The predicted octanol–water partition coefficient (Wildman–Crippen LogP) is 4.06. The van der Waals surface area contributed by atoms with Gasteiger partial charge in [-0.1, -0.05) is 20.8 Å². The lowest BCUT2D eigenvalue weighted by Gasteiger charge is -2.10. The minimum Gasteiger partial charge on any atom is -0.494 e. The van der Waals surface area contributed by atoms with Crippen LogP contribution in [0.15, 0.2) is 24.3 Å². The van der Waals surface area contributed by atoms with Gasteiger partial charge in [-0.2, -0.15) is 0 Å². The average molecular weight is 287 g/mol. The quantitative estimate of drug-likeness (QED) is 0.871. The lowest BCUT2D eigenvalue weighted by molar-refractivity contribution is 0.340. The maximum Gasteiger partial charge on any atom is 0.131 e. The number of ether oxygens (including phenoxy) is 1. The molecule has 0 fully saturated rings. The zero-order valence-electron chi connectivity index (χ0n) is 13.4. The van der Waals surface area contributed by atoms with E-state index in [4.69, 9.17) is 15.5 Å². The molecule has 2 aromatic rings. The molecular weight excluding hydrogens is 262 g/mol. The minimum absolute atomic E-state index is 0.357. The zero-order chi connectivity index (χ0) is 15.4. The molecule has 1 heterocycles. The van der Waals surface area contributed by atoms with Crippen molar-refractivity contribution >= 4 is 5.82 Å². The molecule has 0 aliphatic carbocycles. The summed E-state index contributed by atoms with van der Waals surface area (Å²) >= 11 is 0. The molecular formula is C17H25N3O. The Morgan fingerprint density at radius 3 is 2.38 bits per heavy atom. The van der Waals surface area contributed by atoms with E-state index in [2.05, 4.69) is 25.3 Å². The van der Waals surface area contributed by atoms with Gasteiger partial charge in [-0.3, -0.25) is 0 Å². The molecule has 4 heteroatoms. The smallest absolute Gasteiger partial charge is 0.131 e. The van der Waals surface area contributed by atoms with Crippen molar-refractivity contribution in [2.45, 2.75) is 46.6 Å². The third kappa shape index (κ3) is 3.20. The molecule has 0 radical (unpaired) electrons. The molecule has 1 aromatic heterocycles. The van der Waals surface area contributed by atoms with Crippen molar-refractivity contribution in [1.29, 1.82) is 0 Å². The van der Waals surface area contributed by atoms with Crippen LogP contribution in [0.25, 0.3) is 11.3 Å². The van der Waals surface area contributed by atoms with Crippen molar-refractivity contribution in [2.75, 3.05) is 12.3 Å². The highest BCUT2D eigenvalue weighted by molar-refractivity contribution is 5.71. The summed E-state index contributed by atoms with van der Waals surface area (Å²) in [6.07, 6.45) is 1.04. The SMILES string of the molecule is CCCn1c(C(C)C)nc(-c2ccc(OCC)cc2)c1N. The molecule has 0 bridgehead atoms. The fourth-order valence-electron chi connectivity index (χ4n) is 2.47. The van der Waals surface area contributed by atoms with Crippen molar-refractivity contribution in [3.05, 3.63) is 30.1 Å². The Kier molecular flexibility index (Phi) is 4.89. The van der Waals surface area contributed by atoms with Gasteiger partial charge >= 0.3 is 0 Å². The number of aromatic nitrogens is 2. The van der Waals surface area contributed by atoms with Gasteiger partial charge in [-0.25, -0.2) is 4.98 Å². The number of anilines is 1. The summed E-state index contributed by atoms with van der Waals surface area (Å²) in [5.41, 5.74) is 8.23. The molecule has 0 aliphatic heterocycles. The second-order valence-corrected chi connectivity index (χ2v) is 5.47. The number of hydrogen-bond donors (Lipinski definition) is 1. The number of rotatable bonds is 6.